The SMILES string of the molecule is FC(F)(F)c1ccccc1.O=CO. The van der Waals surface area contributed by atoms with Gasteiger partial charge in [-0.05, 0) is 0 Å². The van der Waals surface area contributed by atoms with E-state index in [1.54, 1.807) is 6.07 Å². The van der Waals surface area contributed by atoms with Crippen LogP contribution in [-0.4, -0.2) is 11.6 Å². The summed E-state index contributed by atoms with van der Waals surface area (Å²) in [5.41, 5.74) is -0.602. The van der Waals surface area contributed by atoms with E-state index in [-0.39, 0.29) is 6.47 Å². The highest BCUT2D eigenvalue weighted by Crippen LogP contribution is 2.28. The molecule has 1 rings (SSSR count). The number of rotatable bonds is 0. The Morgan fingerprint density at radius 3 is 1.77 bits per heavy atom. The minimum Gasteiger partial charge on any atom is -0.483 e. The summed E-state index contributed by atoms with van der Waals surface area (Å²) in [5, 5.41) is 6.89. The summed E-state index contributed by atoms with van der Waals surface area (Å²) in [7, 11) is 0. The Kier molecular flexibility index (Phi) is 4.58. The highest BCUT2D eigenvalue weighted by atomic mass is 19.4. The normalized spacial score (nSPS) is 9.77. The molecule has 0 fully saturated rings. The van der Waals surface area contributed by atoms with Crippen molar-refractivity contribution in [2.75, 3.05) is 0 Å². The third-order valence-electron chi connectivity index (χ3n) is 1.10. The Hall–Kier alpha value is -1.52. The fourth-order valence-electron chi connectivity index (χ4n) is 0.627. The molecule has 0 saturated heterocycles. The fraction of sp³-hybridized carbons (Fsp3) is 0.125. The molecule has 1 N–H and O–H groups in total. The van der Waals surface area contributed by atoms with Crippen LogP contribution in [0.5, 0.6) is 0 Å². The molecule has 13 heavy (non-hydrogen) atoms. The summed E-state index contributed by atoms with van der Waals surface area (Å²) in [4.78, 5) is 8.36. The summed E-state index contributed by atoms with van der Waals surface area (Å²) in [5.74, 6) is 0. The van der Waals surface area contributed by atoms with E-state index in [0.717, 1.165) is 12.1 Å². The first-order valence-electron chi connectivity index (χ1n) is 3.22. The molecule has 1 aromatic carbocycles. The van der Waals surface area contributed by atoms with Crippen molar-refractivity contribution in [2.45, 2.75) is 6.18 Å². The van der Waals surface area contributed by atoms with Crippen LogP contribution in [0.4, 0.5) is 13.2 Å². The van der Waals surface area contributed by atoms with Crippen LogP contribution >= 0.6 is 0 Å². The van der Waals surface area contributed by atoms with Gasteiger partial charge in [0.25, 0.3) is 6.47 Å². The van der Waals surface area contributed by atoms with Gasteiger partial charge in [0.1, 0.15) is 0 Å². The third kappa shape index (κ3) is 4.84. The average Bonchev–Trinajstić information content (AvgIpc) is 2.06. The standard InChI is InChI=1S/C7H5F3.CH2O2/c8-7(9,10)6-4-2-1-3-5-6;2-1-3/h1-5H;1H,(H,2,3). The lowest BCUT2D eigenvalue weighted by Crippen LogP contribution is -2.03. The monoisotopic (exact) mass is 192 g/mol. The summed E-state index contributed by atoms with van der Waals surface area (Å²) >= 11 is 0. The first-order valence-corrected chi connectivity index (χ1v) is 3.22. The smallest absolute Gasteiger partial charge is 0.416 e. The van der Waals surface area contributed by atoms with Crippen molar-refractivity contribution in [1.29, 1.82) is 0 Å². The number of alkyl halides is 3. The second-order valence-corrected chi connectivity index (χ2v) is 1.97. The van der Waals surface area contributed by atoms with Gasteiger partial charge in [0.2, 0.25) is 0 Å². The number of benzene rings is 1. The van der Waals surface area contributed by atoms with Crippen molar-refractivity contribution in [2.24, 2.45) is 0 Å². The van der Waals surface area contributed by atoms with E-state index in [9.17, 15) is 13.2 Å². The van der Waals surface area contributed by atoms with Gasteiger partial charge in [-0.3, -0.25) is 4.79 Å². The third-order valence-corrected chi connectivity index (χ3v) is 1.10. The van der Waals surface area contributed by atoms with Crippen LogP contribution in [0.25, 0.3) is 0 Å². The van der Waals surface area contributed by atoms with Gasteiger partial charge in [-0.1, -0.05) is 30.3 Å². The number of hydrogen-bond donors (Lipinski definition) is 1. The van der Waals surface area contributed by atoms with E-state index in [0.29, 0.717) is 0 Å². The maximum Gasteiger partial charge on any atom is 0.416 e. The summed E-state index contributed by atoms with van der Waals surface area (Å²) in [6.07, 6.45) is -4.21. The van der Waals surface area contributed by atoms with Gasteiger partial charge in [0.05, 0.1) is 5.56 Å². The zero-order valence-corrected chi connectivity index (χ0v) is 6.45. The van der Waals surface area contributed by atoms with Gasteiger partial charge in [0.15, 0.2) is 0 Å². The molecule has 0 atom stereocenters. The van der Waals surface area contributed by atoms with Crippen LogP contribution in [0.3, 0.4) is 0 Å². The minimum atomic E-state index is -4.21. The first-order chi connectivity index (χ1) is 6.02. The molecule has 72 valence electrons. The van der Waals surface area contributed by atoms with E-state index in [1.165, 1.54) is 12.1 Å². The van der Waals surface area contributed by atoms with Crippen molar-refractivity contribution in [3.63, 3.8) is 0 Å². The Labute approximate surface area is 72.6 Å². The fourth-order valence-corrected chi connectivity index (χ4v) is 0.627. The van der Waals surface area contributed by atoms with Crippen LogP contribution in [-0.2, 0) is 11.0 Å². The van der Waals surface area contributed by atoms with Gasteiger partial charge in [-0.25, -0.2) is 0 Å². The van der Waals surface area contributed by atoms with Crippen molar-refractivity contribution >= 4 is 6.47 Å². The van der Waals surface area contributed by atoms with E-state index in [1.807, 2.05) is 0 Å². The van der Waals surface area contributed by atoms with Crippen LogP contribution in [0.2, 0.25) is 0 Å². The van der Waals surface area contributed by atoms with Crippen molar-refractivity contribution in [1.82, 2.24) is 0 Å². The Bertz CT molecular complexity index is 243. The lowest BCUT2D eigenvalue weighted by atomic mass is 10.2. The lowest BCUT2D eigenvalue weighted by Gasteiger charge is -2.03. The largest absolute Gasteiger partial charge is 0.483 e. The molecule has 0 aliphatic rings. The van der Waals surface area contributed by atoms with Gasteiger partial charge in [-0.2, -0.15) is 13.2 Å². The van der Waals surface area contributed by atoms with E-state index < -0.39 is 11.7 Å². The number of halogens is 3. The van der Waals surface area contributed by atoms with Gasteiger partial charge in [0, 0.05) is 0 Å². The van der Waals surface area contributed by atoms with Crippen molar-refractivity contribution in [3.8, 4) is 0 Å². The van der Waals surface area contributed by atoms with Crippen LogP contribution < -0.4 is 0 Å². The Balaban J connectivity index is 0.000000424. The highest BCUT2D eigenvalue weighted by Gasteiger charge is 2.29. The molecule has 0 aliphatic heterocycles. The molecular formula is C8H7F3O2. The van der Waals surface area contributed by atoms with Gasteiger partial charge in [-0.15, -0.1) is 0 Å². The van der Waals surface area contributed by atoms with E-state index >= 15 is 0 Å². The average molecular weight is 192 g/mol. The van der Waals surface area contributed by atoms with Crippen LogP contribution in [0, 0.1) is 0 Å². The molecule has 2 nitrogen and oxygen atoms in total. The molecule has 0 heterocycles. The maximum absolute atomic E-state index is 11.8. The van der Waals surface area contributed by atoms with Crippen molar-refractivity contribution < 1.29 is 23.1 Å². The van der Waals surface area contributed by atoms with Crippen molar-refractivity contribution in [3.05, 3.63) is 35.9 Å². The van der Waals surface area contributed by atoms with E-state index in [2.05, 4.69) is 0 Å². The zero-order chi connectivity index (χ0) is 10.3. The molecule has 0 aliphatic carbocycles. The van der Waals surface area contributed by atoms with Gasteiger partial charge < -0.3 is 5.11 Å². The Morgan fingerprint density at radius 1 is 1.15 bits per heavy atom. The topological polar surface area (TPSA) is 37.3 Å². The molecule has 1 aromatic rings. The molecule has 5 heteroatoms. The molecule has 0 bridgehead atoms. The number of carbonyl (C=O) groups is 1. The van der Waals surface area contributed by atoms with Gasteiger partial charge >= 0.3 is 6.18 Å². The first kappa shape index (κ1) is 11.5. The molecule has 0 aromatic heterocycles. The van der Waals surface area contributed by atoms with E-state index in [4.69, 9.17) is 9.90 Å². The minimum absolute atomic E-state index is 0.250. The number of hydrogen-bond acceptors (Lipinski definition) is 1. The lowest BCUT2D eigenvalue weighted by molar-refractivity contribution is -0.137. The van der Waals surface area contributed by atoms with Crippen LogP contribution in [0.15, 0.2) is 30.3 Å². The molecule has 0 amide bonds. The molecule has 0 radical (unpaired) electrons. The quantitative estimate of drug-likeness (QED) is 0.641. The molecule has 0 saturated carbocycles. The highest BCUT2D eigenvalue weighted by molar-refractivity contribution is 5.32. The zero-order valence-electron chi connectivity index (χ0n) is 6.45. The number of carboxylic acid groups (broad SMARTS) is 1. The predicted molar refractivity (Wildman–Crippen MR) is 40.1 cm³/mol. The summed E-state index contributed by atoms with van der Waals surface area (Å²) in [6, 6.07) is 6.36. The summed E-state index contributed by atoms with van der Waals surface area (Å²) in [6.45, 7) is -0.250. The maximum atomic E-state index is 11.8. The summed E-state index contributed by atoms with van der Waals surface area (Å²) < 4.78 is 35.4. The molecular weight excluding hydrogens is 185 g/mol. The molecule has 0 spiro atoms. The Morgan fingerprint density at radius 2 is 1.54 bits per heavy atom. The van der Waals surface area contributed by atoms with Crippen LogP contribution in [0.1, 0.15) is 5.56 Å². The second kappa shape index (κ2) is 5.18. The predicted octanol–water partition coefficient (Wildman–Crippen LogP) is 2.41. The molecule has 0 unspecified atom stereocenters. The second-order valence-electron chi connectivity index (χ2n) is 1.97.